The molecule has 3 nitrogen and oxygen atoms in total. The van der Waals surface area contributed by atoms with Crippen molar-refractivity contribution in [2.75, 3.05) is 0 Å². The summed E-state index contributed by atoms with van der Waals surface area (Å²) in [5.41, 5.74) is 0.599. The van der Waals surface area contributed by atoms with Crippen molar-refractivity contribution in [2.24, 2.45) is 0 Å². The van der Waals surface area contributed by atoms with Crippen LogP contribution in [0.5, 0.6) is 0 Å². The number of nitrogens with zero attached hydrogens (tertiary/aromatic N) is 3. The van der Waals surface area contributed by atoms with Gasteiger partial charge >= 0.3 is 0 Å². The fourth-order valence-corrected chi connectivity index (χ4v) is 0.747. The Bertz CT molecular complexity index is 355. The van der Waals surface area contributed by atoms with Crippen LogP contribution in [0.3, 0.4) is 0 Å². The van der Waals surface area contributed by atoms with Crippen LogP contribution < -0.4 is 0 Å². The number of hydrogen-bond donors (Lipinski definition) is 0. The van der Waals surface area contributed by atoms with Crippen molar-refractivity contribution < 1.29 is 4.39 Å². The van der Waals surface area contributed by atoms with Crippen molar-refractivity contribution in [3.8, 4) is 0 Å². The van der Waals surface area contributed by atoms with Gasteiger partial charge in [0.25, 0.3) is 0 Å². The summed E-state index contributed by atoms with van der Waals surface area (Å²) in [4.78, 5) is 0. The van der Waals surface area contributed by atoms with Crippen molar-refractivity contribution in [1.29, 1.82) is 0 Å². The van der Waals surface area contributed by atoms with Gasteiger partial charge < -0.3 is 0 Å². The van der Waals surface area contributed by atoms with E-state index in [1.165, 1.54) is 23.0 Å². The Labute approximate surface area is 56.1 Å². The van der Waals surface area contributed by atoms with Crippen LogP contribution in [0.25, 0.3) is 5.65 Å². The van der Waals surface area contributed by atoms with Crippen LogP contribution in [0.4, 0.5) is 4.39 Å². The van der Waals surface area contributed by atoms with Gasteiger partial charge in [0, 0.05) is 12.3 Å². The maximum atomic E-state index is 12.4. The summed E-state index contributed by atoms with van der Waals surface area (Å²) in [7, 11) is 0. The van der Waals surface area contributed by atoms with Crippen LogP contribution in [0.2, 0.25) is 0 Å². The number of pyridine rings is 1. The minimum absolute atomic E-state index is 0.410. The minimum Gasteiger partial charge on any atom is -0.286 e. The molecule has 0 aliphatic rings. The van der Waals surface area contributed by atoms with Crippen molar-refractivity contribution in [3.63, 3.8) is 0 Å². The Balaban J connectivity index is 2.86. The van der Waals surface area contributed by atoms with Gasteiger partial charge in [-0.1, -0.05) is 0 Å². The topological polar surface area (TPSA) is 30.2 Å². The molecule has 0 bridgehead atoms. The molecule has 10 heavy (non-hydrogen) atoms. The second kappa shape index (κ2) is 1.76. The maximum Gasteiger partial charge on any atom is 0.161 e. The molecule has 0 aliphatic carbocycles. The highest BCUT2D eigenvalue weighted by Gasteiger charge is 1.94. The third kappa shape index (κ3) is 0.655. The van der Waals surface area contributed by atoms with Crippen molar-refractivity contribution in [2.45, 2.75) is 0 Å². The largest absolute Gasteiger partial charge is 0.286 e. The van der Waals surface area contributed by atoms with Crippen LogP contribution >= 0.6 is 0 Å². The Morgan fingerprint density at radius 2 is 2.50 bits per heavy atom. The van der Waals surface area contributed by atoms with Gasteiger partial charge in [-0.3, -0.25) is 4.40 Å². The fourth-order valence-electron chi connectivity index (χ4n) is 0.747. The van der Waals surface area contributed by atoms with E-state index in [9.17, 15) is 4.39 Å². The molecule has 0 saturated carbocycles. The zero-order valence-electron chi connectivity index (χ0n) is 4.95. The van der Waals surface area contributed by atoms with E-state index in [1.807, 2.05) is 0 Å². The number of hydrogen-bond acceptors (Lipinski definition) is 2. The SMILES string of the molecule is Fc1[c]cc2nncn2c1. The summed E-state index contributed by atoms with van der Waals surface area (Å²) in [6.45, 7) is 0. The van der Waals surface area contributed by atoms with Gasteiger partial charge in [0.05, 0.1) is 0 Å². The lowest BCUT2D eigenvalue weighted by molar-refractivity contribution is 0.617. The average molecular weight is 136 g/mol. The lowest BCUT2D eigenvalue weighted by atomic mass is 10.5. The molecule has 0 fully saturated rings. The second-order valence-electron chi connectivity index (χ2n) is 1.86. The molecule has 2 heterocycles. The molecule has 0 aromatic carbocycles. The quantitative estimate of drug-likeness (QED) is 0.532. The van der Waals surface area contributed by atoms with Gasteiger partial charge in [0.15, 0.2) is 5.65 Å². The Hall–Kier alpha value is -1.45. The monoisotopic (exact) mass is 136 g/mol. The predicted octanol–water partition coefficient (Wildman–Crippen LogP) is 0.669. The van der Waals surface area contributed by atoms with E-state index >= 15 is 0 Å². The highest BCUT2D eigenvalue weighted by atomic mass is 19.1. The van der Waals surface area contributed by atoms with Gasteiger partial charge in [-0.15, -0.1) is 10.2 Å². The molecule has 0 saturated heterocycles. The lowest BCUT2D eigenvalue weighted by Gasteiger charge is -1.87. The van der Waals surface area contributed by atoms with Gasteiger partial charge in [-0.2, -0.15) is 0 Å². The summed E-state index contributed by atoms with van der Waals surface area (Å²) in [5, 5.41) is 7.24. The van der Waals surface area contributed by atoms with Gasteiger partial charge in [-0.05, 0) is 6.07 Å². The summed E-state index contributed by atoms with van der Waals surface area (Å²) >= 11 is 0. The average Bonchev–Trinajstić information content (AvgIpc) is 2.33. The number of halogens is 1. The summed E-state index contributed by atoms with van der Waals surface area (Å²) in [5.74, 6) is -0.410. The third-order valence-corrected chi connectivity index (χ3v) is 1.19. The van der Waals surface area contributed by atoms with E-state index in [0.717, 1.165) is 0 Å². The smallest absolute Gasteiger partial charge is 0.161 e. The first-order valence-corrected chi connectivity index (χ1v) is 2.73. The molecule has 2 rings (SSSR count). The first-order valence-electron chi connectivity index (χ1n) is 2.73. The molecular weight excluding hydrogens is 133 g/mol. The number of aromatic nitrogens is 3. The number of fused-ring (bicyclic) bond motifs is 1. The molecule has 2 aromatic heterocycles. The molecule has 0 unspecified atom stereocenters. The van der Waals surface area contributed by atoms with Crippen LogP contribution in [0.1, 0.15) is 0 Å². The van der Waals surface area contributed by atoms with Crippen LogP contribution in [0, 0.1) is 11.9 Å². The van der Waals surface area contributed by atoms with Gasteiger partial charge in [0.1, 0.15) is 12.1 Å². The van der Waals surface area contributed by atoms with E-state index in [0.29, 0.717) is 5.65 Å². The van der Waals surface area contributed by atoms with E-state index in [2.05, 4.69) is 16.3 Å². The highest BCUT2D eigenvalue weighted by molar-refractivity contribution is 5.34. The van der Waals surface area contributed by atoms with E-state index in [-0.39, 0.29) is 0 Å². The van der Waals surface area contributed by atoms with Crippen molar-refractivity contribution in [1.82, 2.24) is 14.6 Å². The van der Waals surface area contributed by atoms with Crippen LogP contribution in [-0.4, -0.2) is 14.6 Å². The Kier molecular flexibility index (Phi) is 0.943. The first kappa shape index (κ1) is 5.34. The van der Waals surface area contributed by atoms with Crippen molar-refractivity contribution >= 4 is 5.65 Å². The summed E-state index contributed by atoms with van der Waals surface area (Å²) < 4.78 is 13.9. The fraction of sp³-hybridized carbons (Fsp3) is 0. The predicted molar refractivity (Wildman–Crippen MR) is 31.8 cm³/mol. The van der Waals surface area contributed by atoms with E-state index in [4.69, 9.17) is 0 Å². The zero-order chi connectivity index (χ0) is 6.97. The highest BCUT2D eigenvalue weighted by Crippen LogP contribution is 1.99. The Morgan fingerprint density at radius 1 is 1.60 bits per heavy atom. The summed E-state index contributed by atoms with van der Waals surface area (Å²) in [6, 6.07) is 3.82. The molecule has 1 radical (unpaired) electrons. The maximum absolute atomic E-state index is 12.4. The van der Waals surface area contributed by atoms with E-state index in [1.54, 1.807) is 0 Å². The second-order valence-corrected chi connectivity index (χ2v) is 1.86. The molecule has 0 N–H and O–H groups in total. The van der Waals surface area contributed by atoms with Crippen LogP contribution in [0.15, 0.2) is 18.6 Å². The molecule has 0 atom stereocenters. The lowest BCUT2D eigenvalue weighted by Crippen LogP contribution is -1.83. The molecule has 4 heteroatoms. The minimum atomic E-state index is -0.410. The molecule has 2 aromatic rings. The molecule has 0 amide bonds. The third-order valence-electron chi connectivity index (χ3n) is 1.19. The normalized spacial score (nSPS) is 10.5. The van der Waals surface area contributed by atoms with Gasteiger partial charge in [-0.25, -0.2) is 4.39 Å². The molecule has 0 aliphatic heterocycles. The van der Waals surface area contributed by atoms with Crippen LogP contribution in [-0.2, 0) is 0 Å². The molecular formula is C6H3FN3. The van der Waals surface area contributed by atoms with Gasteiger partial charge in [0.2, 0.25) is 0 Å². The Morgan fingerprint density at radius 3 is 3.40 bits per heavy atom. The number of rotatable bonds is 0. The van der Waals surface area contributed by atoms with Crippen molar-refractivity contribution in [3.05, 3.63) is 30.5 Å². The molecule has 49 valence electrons. The zero-order valence-corrected chi connectivity index (χ0v) is 4.95. The molecule has 0 spiro atoms. The van der Waals surface area contributed by atoms with E-state index < -0.39 is 5.82 Å². The summed E-state index contributed by atoms with van der Waals surface area (Å²) in [6.07, 6.45) is 2.71. The first-order chi connectivity index (χ1) is 4.86. The standard InChI is InChI=1S/C6H3FN3/c7-5-1-2-6-9-8-4-10(6)3-5/h2-4H.